The molecule has 0 fully saturated rings. The van der Waals surface area contributed by atoms with Gasteiger partial charge in [0.1, 0.15) is 5.01 Å². The Morgan fingerprint density at radius 1 is 1.06 bits per heavy atom. The lowest BCUT2D eigenvalue weighted by Crippen LogP contribution is -2.40. The Kier molecular flexibility index (Phi) is 8.17. The van der Waals surface area contributed by atoms with E-state index in [1.54, 1.807) is 77.2 Å². The van der Waals surface area contributed by atoms with Crippen LogP contribution >= 0.6 is 11.3 Å². The molecule has 0 aliphatic carbocycles. The molecule has 3 N–H and O–H groups in total. The minimum absolute atomic E-state index is 0.00284. The summed E-state index contributed by atoms with van der Waals surface area (Å²) in [6.07, 6.45) is 0.847. The number of anilines is 1. The number of thiazole rings is 1. The second-order valence-corrected chi connectivity index (χ2v) is 12.0. The first-order valence-corrected chi connectivity index (χ1v) is 13.5. The largest absolute Gasteiger partial charge is 0.447 e. The third kappa shape index (κ3) is 6.90. The average molecular weight is 531 g/mol. The molecule has 2 aromatic carbocycles. The van der Waals surface area contributed by atoms with Crippen molar-refractivity contribution in [2.45, 2.75) is 51.2 Å². The third-order valence-corrected chi connectivity index (χ3v) is 7.57. The summed E-state index contributed by atoms with van der Waals surface area (Å²) in [6, 6.07) is 11.7. The van der Waals surface area contributed by atoms with E-state index in [4.69, 9.17) is 4.74 Å². The highest BCUT2D eigenvalue weighted by molar-refractivity contribution is 7.89. The summed E-state index contributed by atoms with van der Waals surface area (Å²) < 4.78 is 34.3. The lowest BCUT2D eigenvalue weighted by molar-refractivity contribution is 0.0962. The van der Waals surface area contributed by atoms with Crippen molar-refractivity contribution in [3.05, 3.63) is 54.2 Å². The number of amides is 2. The van der Waals surface area contributed by atoms with E-state index in [1.165, 1.54) is 24.5 Å². The van der Waals surface area contributed by atoms with Gasteiger partial charge in [0.25, 0.3) is 5.91 Å². The van der Waals surface area contributed by atoms with Crippen molar-refractivity contribution in [2.24, 2.45) is 0 Å². The zero-order valence-electron chi connectivity index (χ0n) is 21.0. The molecule has 36 heavy (non-hydrogen) atoms. The van der Waals surface area contributed by atoms with E-state index >= 15 is 0 Å². The lowest BCUT2D eigenvalue weighted by Gasteiger charge is -2.21. The molecule has 0 aliphatic heterocycles. The number of nitrogens with one attached hydrogen (secondary N) is 3. The standard InChI is InChI=1S/C25H30N4O5S2/c1-15(2)34-24(31)28-18-10-7-16(8-11-18)23-27-14-20(35-23)19-12-9-17(22(30)26-6)13-21(19)36(32,33)29-25(3,4)5/h7-15,29H,1-6H3,(H,26,30)(H,28,31). The number of hydrogen-bond acceptors (Lipinski definition) is 7. The van der Waals surface area contributed by atoms with Gasteiger partial charge in [0.15, 0.2) is 0 Å². The number of benzene rings is 2. The van der Waals surface area contributed by atoms with Crippen LogP contribution in [-0.2, 0) is 14.8 Å². The molecule has 3 rings (SSSR count). The fraction of sp³-hybridized carbons (Fsp3) is 0.320. The first-order valence-electron chi connectivity index (χ1n) is 11.2. The van der Waals surface area contributed by atoms with Crippen molar-refractivity contribution in [3.8, 4) is 21.0 Å². The molecule has 3 aromatic rings. The number of carbonyl (C=O) groups excluding carboxylic acids is 2. The van der Waals surface area contributed by atoms with Gasteiger partial charge in [-0.15, -0.1) is 11.3 Å². The van der Waals surface area contributed by atoms with Gasteiger partial charge < -0.3 is 10.1 Å². The van der Waals surface area contributed by atoms with Gasteiger partial charge in [-0.1, -0.05) is 6.07 Å². The zero-order chi connectivity index (χ0) is 26.7. The van der Waals surface area contributed by atoms with Crippen LogP contribution in [-0.4, -0.2) is 44.1 Å². The van der Waals surface area contributed by atoms with Crippen molar-refractivity contribution in [2.75, 3.05) is 12.4 Å². The molecule has 0 radical (unpaired) electrons. The molecule has 9 nitrogen and oxygen atoms in total. The molecule has 0 saturated heterocycles. The molecule has 0 saturated carbocycles. The predicted molar refractivity (Wildman–Crippen MR) is 142 cm³/mol. The van der Waals surface area contributed by atoms with E-state index < -0.39 is 21.7 Å². The summed E-state index contributed by atoms with van der Waals surface area (Å²) in [5.74, 6) is -0.385. The zero-order valence-corrected chi connectivity index (χ0v) is 22.6. The Balaban J connectivity index is 1.96. The molecule has 0 bridgehead atoms. The number of rotatable bonds is 7. The second kappa shape index (κ2) is 10.8. The smallest absolute Gasteiger partial charge is 0.411 e. The molecule has 0 aliphatic rings. The maximum Gasteiger partial charge on any atom is 0.411 e. The van der Waals surface area contributed by atoms with Crippen molar-refractivity contribution in [1.29, 1.82) is 0 Å². The Morgan fingerprint density at radius 3 is 2.31 bits per heavy atom. The van der Waals surface area contributed by atoms with Crippen LogP contribution in [0, 0.1) is 0 Å². The summed E-state index contributed by atoms with van der Waals surface area (Å²) in [5, 5.41) is 5.85. The van der Waals surface area contributed by atoms with Crippen LogP contribution in [0.4, 0.5) is 10.5 Å². The van der Waals surface area contributed by atoms with Crippen molar-refractivity contribution in [3.63, 3.8) is 0 Å². The number of aromatic nitrogens is 1. The summed E-state index contributed by atoms with van der Waals surface area (Å²) in [4.78, 5) is 29.1. The van der Waals surface area contributed by atoms with Crippen LogP contribution in [0.5, 0.6) is 0 Å². The van der Waals surface area contributed by atoms with Gasteiger partial charge >= 0.3 is 6.09 Å². The average Bonchev–Trinajstić information content (AvgIpc) is 3.26. The SMILES string of the molecule is CNC(=O)c1ccc(-c2cnc(-c3ccc(NC(=O)OC(C)C)cc3)s2)c(S(=O)(=O)NC(C)(C)C)c1. The number of nitrogens with zero attached hydrogens (tertiary/aromatic N) is 1. The van der Waals surface area contributed by atoms with Crippen LogP contribution in [0.3, 0.4) is 0 Å². The number of ether oxygens (including phenoxy) is 1. The van der Waals surface area contributed by atoms with Crippen molar-refractivity contribution in [1.82, 2.24) is 15.0 Å². The Hall–Kier alpha value is -3.28. The van der Waals surface area contributed by atoms with Gasteiger partial charge in [-0.3, -0.25) is 10.1 Å². The number of sulfonamides is 1. The predicted octanol–water partition coefficient (Wildman–Crippen LogP) is 4.87. The van der Waals surface area contributed by atoms with Gasteiger partial charge in [0.05, 0.1) is 15.9 Å². The summed E-state index contributed by atoms with van der Waals surface area (Å²) in [6.45, 7) is 8.78. The highest BCUT2D eigenvalue weighted by Crippen LogP contribution is 2.36. The van der Waals surface area contributed by atoms with Crippen LogP contribution in [0.1, 0.15) is 45.0 Å². The topological polar surface area (TPSA) is 126 Å². The fourth-order valence-electron chi connectivity index (χ4n) is 3.28. The Labute approximate surface area is 215 Å². The van der Waals surface area contributed by atoms with Gasteiger partial charge in [-0.25, -0.2) is 22.9 Å². The van der Waals surface area contributed by atoms with E-state index in [1.807, 2.05) is 0 Å². The molecular weight excluding hydrogens is 500 g/mol. The molecule has 1 aromatic heterocycles. The van der Waals surface area contributed by atoms with Crippen LogP contribution < -0.4 is 15.4 Å². The molecule has 11 heteroatoms. The van der Waals surface area contributed by atoms with E-state index in [0.717, 1.165) is 5.56 Å². The van der Waals surface area contributed by atoms with Crippen LogP contribution in [0.25, 0.3) is 21.0 Å². The molecule has 0 atom stereocenters. The Morgan fingerprint density at radius 2 is 1.72 bits per heavy atom. The maximum atomic E-state index is 13.3. The van der Waals surface area contributed by atoms with Crippen LogP contribution in [0.15, 0.2) is 53.6 Å². The van der Waals surface area contributed by atoms with Crippen LogP contribution in [0.2, 0.25) is 0 Å². The molecule has 0 spiro atoms. The second-order valence-electron chi connectivity index (χ2n) is 9.33. The van der Waals surface area contributed by atoms with Crippen molar-refractivity contribution >= 4 is 39.0 Å². The van der Waals surface area contributed by atoms with E-state index in [2.05, 4.69) is 20.3 Å². The molecule has 0 unspecified atom stereocenters. The molecular formula is C25H30N4O5S2. The third-order valence-electron chi connectivity index (χ3n) is 4.69. The van der Waals surface area contributed by atoms with Gasteiger partial charge in [0.2, 0.25) is 10.0 Å². The first kappa shape index (κ1) is 27.3. The maximum absolute atomic E-state index is 13.3. The van der Waals surface area contributed by atoms with Gasteiger partial charge in [-0.2, -0.15) is 0 Å². The van der Waals surface area contributed by atoms with E-state index in [0.29, 0.717) is 21.1 Å². The molecule has 2 amide bonds. The normalized spacial score (nSPS) is 11.9. The lowest BCUT2D eigenvalue weighted by atomic mass is 10.1. The molecule has 1 heterocycles. The summed E-state index contributed by atoms with van der Waals surface area (Å²) in [7, 11) is -2.46. The fourth-order valence-corrected chi connectivity index (χ4v) is 5.97. The van der Waals surface area contributed by atoms with Crippen molar-refractivity contribution < 1.29 is 22.7 Å². The highest BCUT2D eigenvalue weighted by atomic mass is 32.2. The van der Waals surface area contributed by atoms with Gasteiger partial charge in [0, 0.05) is 41.2 Å². The highest BCUT2D eigenvalue weighted by Gasteiger charge is 2.27. The Bertz CT molecular complexity index is 1360. The van der Waals surface area contributed by atoms with E-state index in [-0.39, 0.29) is 22.5 Å². The minimum Gasteiger partial charge on any atom is -0.447 e. The van der Waals surface area contributed by atoms with Gasteiger partial charge in [-0.05, 0) is 71.0 Å². The number of hydrogen-bond donors (Lipinski definition) is 3. The summed E-state index contributed by atoms with van der Waals surface area (Å²) >= 11 is 1.32. The van der Waals surface area contributed by atoms with E-state index in [9.17, 15) is 18.0 Å². The molecule has 192 valence electrons. The minimum atomic E-state index is -3.95. The summed E-state index contributed by atoms with van der Waals surface area (Å²) in [5.41, 5.74) is 1.34. The number of carbonyl (C=O) groups is 2. The monoisotopic (exact) mass is 530 g/mol. The first-order chi connectivity index (χ1) is 16.8. The quantitative estimate of drug-likeness (QED) is 0.400.